The highest BCUT2D eigenvalue weighted by atomic mass is 35.5. The van der Waals surface area contributed by atoms with Crippen molar-refractivity contribution in [3.8, 4) is 0 Å². The van der Waals surface area contributed by atoms with E-state index in [9.17, 15) is 4.79 Å². The van der Waals surface area contributed by atoms with E-state index in [-0.39, 0.29) is 11.3 Å². The Balaban J connectivity index is 1.63. The quantitative estimate of drug-likeness (QED) is 0.449. The molecule has 0 aliphatic carbocycles. The molecule has 3 heterocycles. The number of fused-ring (bicyclic) bond motifs is 1. The summed E-state index contributed by atoms with van der Waals surface area (Å²) in [5.41, 5.74) is 4.40. The molecule has 0 atom stereocenters. The van der Waals surface area contributed by atoms with Crippen LogP contribution in [0.25, 0.3) is 10.2 Å². The molecule has 1 aliphatic heterocycles. The van der Waals surface area contributed by atoms with Crippen molar-refractivity contribution < 1.29 is 9.53 Å². The topological polar surface area (TPSA) is 58.6 Å². The fourth-order valence-corrected chi connectivity index (χ4v) is 4.84. The Bertz CT molecular complexity index is 1060. The van der Waals surface area contributed by atoms with E-state index >= 15 is 0 Å². The van der Waals surface area contributed by atoms with Crippen LogP contribution in [-0.2, 0) is 4.74 Å². The minimum Gasteiger partial charge on any atom is -0.462 e. The van der Waals surface area contributed by atoms with E-state index in [1.165, 1.54) is 28.2 Å². The largest absolute Gasteiger partial charge is 0.462 e. The molecule has 0 radical (unpaired) electrons. The smallest absolute Gasteiger partial charge is 0.339 e. The van der Waals surface area contributed by atoms with Gasteiger partial charge in [-0.25, -0.2) is 9.78 Å². The standard InChI is InChI=1S/C21H23ClN4O2S/c1-4-28-20(27)15-12-29-19-17(15)18(23-21(22)24-19)26-10-8-25(9-11-26)16-7-5-6-13(2)14(16)3/h5-7,12H,4,8-11H2,1-3H3. The molecule has 0 unspecified atom stereocenters. The van der Waals surface area contributed by atoms with Crippen molar-refractivity contribution in [3.63, 3.8) is 0 Å². The van der Waals surface area contributed by atoms with Gasteiger partial charge in [-0.1, -0.05) is 12.1 Å². The first-order valence-electron chi connectivity index (χ1n) is 9.67. The van der Waals surface area contributed by atoms with Crippen LogP contribution in [0.4, 0.5) is 11.5 Å². The average molecular weight is 431 g/mol. The summed E-state index contributed by atoms with van der Waals surface area (Å²) in [6.45, 7) is 9.74. The number of aromatic nitrogens is 2. The number of benzene rings is 1. The Hall–Kier alpha value is -2.38. The van der Waals surface area contributed by atoms with Crippen LogP contribution in [0.1, 0.15) is 28.4 Å². The van der Waals surface area contributed by atoms with Crippen LogP contribution in [0.5, 0.6) is 0 Å². The van der Waals surface area contributed by atoms with Gasteiger partial charge in [0.1, 0.15) is 10.6 Å². The molecule has 6 nitrogen and oxygen atoms in total. The molecule has 1 aliphatic rings. The van der Waals surface area contributed by atoms with Crippen LogP contribution in [0, 0.1) is 13.8 Å². The summed E-state index contributed by atoms with van der Waals surface area (Å²) >= 11 is 7.57. The van der Waals surface area contributed by atoms with Crippen molar-refractivity contribution in [2.75, 3.05) is 42.6 Å². The Morgan fingerprint density at radius 2 is 1.90 bits per heavy atom. The Morgan fingerprint density at radius 1 is 1.17 bits per heavy atom. The Morgan fingerprint density at radius 3 is 2.62 bits per heavy atom. The van der Waals surface area contributed by atoms with Crippen molar-refractivity contribution in [1.82, 2.24) is 9.97 Å². The predicted octanol–water partition coefficient (Wildman–Crippen LogP) is 4.46. The fourth-order valence-electron chi connectivity index (χ4n) is 3.72. The van der Waals surface area contributed by atoms with Gasteiger partial charge in [0.15, 0.2) is 0 Å². The molecule has 0 spiro atoms. The molecule has 1 aromatic carbocycles. The highest BCUT2D eigenvalue weighted by molar-refractivity contribution is 7.17. The van der Waals surface area contributed by atoms with Gasteiger partial charge in [0.25, 0.3) is 0 Å². The van der Waals surface area contributed by atoms with Crippen LogP contribution in [0.2, 0.25) is 5.28 Å². The molecule has 0 amide bonds. The van der Waals surface area contributed by atoms with Gasteiger partial charge in [0, 0.05) is 37.2 Å². The van der Waals surface area contributed by atoms with Gasteiger partial charge >= 0.3 is 5.97 Å². The lowest BCUT2D eigenvalue weighted by Gasteiger charge is -2.37. The summed E-state index contributed by atoms with van der Waals surface area (Å²) in [6.07, 6.45) is 0. The minimum absolute atomic E-state index is 0.196. The summed E-state index contributed by atoms with van der Waals surface area (Å²) in [5, 5.41) is 2.71. The predicted molar refractivity (Wildman–Crippen MR) is 119 cm³/mol. The second-order valence-electron chi connectivity index (χ2n) is 7.06. The van der Waals surface area contributed by atoms with Crippen molar-refractivity contribution in [2.24, 2.45) is 0 Å². The fraction of sp³-hybridized carbons (Fsp3) is 0.381. The summed E-state index contributed by atoms with van der Waals surface area (Å²) < 4.78 is 5.22. The molecule has 4 rings (SSSR count). The molecule has 2 aromatic heterocycles. The maximum atomic E-state index is 12.4. The lowest BCUT2D eigenvalue weighted by atomic mass is 10.1. The van der Waals surface area contributed by atoms with E-state index in [4.69, 9.17) is 16.3 Å². The van der Waals surface area contributed by atoms with E-state index in [1.807, 2.05) is 0 Å². The van der Waals surface area contributed by atoms with Crippen LogP contribution in [0.15, 0.2) is 23.6 Å². The number of ether oxygens (including phenoxy) is 1. The second-order valence-corrected chi connectivity index (χ2v) is 8.26. The maximum absolute atomic E-state index is 12.4. The van der Waals surface area contributed by atoms with E-state index in [1.54, 1.807) is 12.3 Å². The van der Waals surface area contributed by atoms with Crippen molar-refractivity contribution in [2.45, 2.75) is 20.8 Å². The van der Waals surface area contributed by atoms with E-state index < -0.39 is 0 Å². The number of esters is 1. The number of carbonyl (C=O) groups is 1. The molecule has 1 fully saturated rings. The molecule has 8 heteroatoms. The van der Waals surface area contributed by atoms with Gasteiger partial charge in [-0.15, -0.1) is 11.3 Å². The lowest BCUT2D eigenvalue weighted by molar-refractivity contribution is 0.0529. The third-order valence-electron chi connectivity index (χ3n) is 5.38. The van der Waals surface area contributed by atoms with Crippen LogP contribution in [0.3, 0.4) is 0 Å². The van der Waals surface area contributed by atoms with Gasteiger partial charge in [-0.2, -0.15) is 4.98 Å². The van der Waals surface area contributed by atoms with Crippen LogP contribution in [-0.4, -0.2) is 48.7 Å². The summed E-state index contributed by atoms with van der Waals surface area (Å²) in [7, 11) is 0. The Labute approximate surface area is 179 Å². The maximum Gasteiger partial charge on any atom is 0.339 e. The number of thiophene rings is 1. The monoisotopic (exact) mass is 430 g/mol. The molecule has 1 saturated heterocycles. The first-order chi connectivity index (χ1) is 14.0. The molecule has 3 aromatic rings. The highest BCUT2D eigenvalue weighted by Gasteiger charge is 2.26. The van der Waals surface area contributed by atoms with Crippen molar-refractivity contribution in [1.29, 1.82) is 0 Å². The molecule has 0 saturated carbocycles. The number of carbonyl (C=O) groups excluding carboxylic acids is 1. The zero-order valence-electron chi connectivity index (χ0n) is 16.7. The molecule has 152 valence electrons. The van der Waals surface area contributed by atoms with Gasteiger partial charge in [-0.3, -0.25) is 0 Å². The number of hydrogen-bond acceptors (Lipinski definition) is 7. The van der Waals surface area contributed by atoms with E-state index in [0.717, 1.165) is 31.6 Å². The second kappa shape index (κ2) is 8.16. The normalized spacial score (nSPS) is 14.5. The molecular formula is C21H23ClN4O2S. The summed E-state index contributed by atoms with van der Waals surface area (Å²) in [5.74, 6) is 0.366. The van der Waals surface area contributed by atoms with Gasteiger partial charge in [0.05, 0.1) is 17.6 Å². The number of hydrogen-bond donors (Lipinski definition) is 0. The van der Waals surface area contributed by atoms with E-state index in [0.29, 0.717) is 22.8 Å². The zero-order chi connectivity index (χ0) is 20.5. The van der Waals surface area contributed by atoms with Gasteiger partial charge in [-0.05, 0) is 49.6 Å². The third kappa shape index (κ3) is 3.76. The van der Waals surface area contributed by atoms with Crippen molar-refractivity contribution >= 4 is 50.6 Å². The third-order valence-corrected chi connectivity index (χ3v) is 6.42. The average Bonchev–Trinajstić information content (AvgIpc) is 3.14. The first kappa shape index (κ1) is 19.9. The number of halogens is 1. The van der Waals surface area contributed by atoms with Gasteiger partial charge in [0.2, 0.25) is 5.28 Å². The number of anilines is 2. The van der Waals surface area contributed by atoms with Crippen LogP contribution < -0.4 is 9.80 Å². The zero-order valence-corrected chi connectivity index (χ0v) is 18.3. The Kier molecular flexibility index (Phi) is 5.61. The van der Waals surface area contributed by atoms with Crippen LogP contribution >= 0.6 is 22.9 Å². The minimum atomic E-state index is -0.347. The summed E-state index contributed by atoms with van der Waals surface area (Å²) in [4.78, 5) is 26.5. The first-order valence-corrected chi connectivity index (χ1v) is 10.9. The molecule has 0 N–H and O–H groups in total. The molecule has 0 bridgehead atoms. The summed E-state index contributed by atoms with van der Waals surface area (Å²) in [6, 6.07) is 6.42. The lowest BCUT2D eigenvalue weighted by Crippen LogP contribution is -2.47. The SMILES string of the molecule is CCOC(=O)c1csc2nc(Cl)nc(N3CCN(c4cccc(C)c4C)CC3)c12. The highest BCUT2D eigenvalue weighted by Crippen LogP contribution is 2.34. The number of rotatable bonds is 4. The van der Waals surface area contributed by atoms with Gasteiger partial charge < -0.3 is 14.5 Å². The number of piperazine rings is 1. The number of nitrogens with zero attached hydrogens (tertiary/aromatic N) is 4. The molecular weight excluding hydrogens is 408 g/mol. The van der Waals surface area contributed by atoms with E-state index in [2.05, 4.69) is 51.8 Å². The molecule has 29 heavy (non-hydrogen) atoms. The number of aryl methyl sites for hydroxylation is 1. The van der Waals surface area contributed by atoms with Crippen molar-refractivity contribution in [3.05, 3.63) is 45.6 Å².